The van der Waals surface area contributed by atoms with Crippen LogP contribution in [0.1, 0.15) is 187 Å². The molecule has 0 bridgehead atoms. The van der Waals surface area contributed by atoms with Crippen molar-refractivity contribution < 1.29 is 42.7 Å². The van der Waals surface area contributed by atoms with Crippen molar-refractivity contribution >= 4 is 19.8 Å². The summed E-state index contributed by atoms with van der Waals surface area (Å²) in [6, 6.07) is -1.47. The number of hydrogen-bond acceptors (Lipinski definition) is 8. The zero-order chi connectivity index (χ0) is 39.8. The molecule has 11 heteroatoms. The Kier molecular flexibility index (Phi) is 38.1. The van der Waals surface area contributed by atoms with Crippen molar-refractivity contribution in [3.05, 3.63) is 36.5 Å². The summed E-state index contributed by atoms with van der Waals surface area (Å²) in [5.41, 5.74) is 5.35. The molecule has 4 N–H and O–H groups in total. The summed E-state index contributed by atoms with van der Waals surface area (Å²) in [7, 11) is -4.62. The van der Waals surface area contributed by atoms with E-state index in [4.69, 9.17) is 29.4 Å². The fourth-order valence-corrected chi connectivity index (χ4v) is 6.52. The van der Waals surface area contributed by atoms with Gasteiger partial charge in [-0.25, -0.2) is 4.57 Å². The maximum Gasteiger partial charge on any atom is 0.472 e. The van der Waals surface area contributed by atoms with Gasteiger partial charge in [0.25, 0.3) is 0 Å². The molecule has 10 nitrogen and oxygen atoms in total. The SMILES string of the molecule is CCCCC/C=C\C/C=C\CCCCCCCCCCCC(=O)OC(COCCCCCCCC/C=C\CCCCC)COP(=O)(O)OCC(N)C(=O)O. The first kappa shape index (κ1) is 52.2. The largest absolute Gasteiger partial charge is 0.480 e. The fourth-order valence-electron chi connectivity index (χ4n) is 5.75. The van der Waals surface area contributed by atoms with Crippen molar-refractivity contribution in [2.75, 3.05) is 26.4 Å². The topological polar surface area (TPSA) is 155 Å². The highest BCUT2D eigenvalue weighted by molar-refractivity contribution is 7.47. The number of carboxylic acid groups (broad SMARTS) is 1. The van der Waals surface area contributed by atoms with Crippen LogP contribution in [0.25, 0.3) is 0 Å². The van der Waals surface area contributed by atoms with E-state index in [9.17, 15) is 19.0 Å². The van der Waals surface area contributed by atoms with Crippen LogP contribution in [0.2, 0.25) is 0 Å². The van der Waals surface area contributed by atoms with Gasteiger partial charge >= 0.3 is 19.8 Å². The maximum absolute atomic E-state index is 12.6. The standard InChI is InChI=1S/C43H80NO9P/c1-3-5-7-9-11-13-15-17-18-19-20-21-22-23-25-27-29-31-33-35-42(45)53-40(38-51-54(48,49)52-39-41(44)43(46)47)37-50-36-34-32-30-28-26-24-16-14-12-10-8-6-4-2/h11-14,17-18,40-41H,3-10,15-16,19-39,44H2,1-2H3,(H,46,47)(H,48,49)/b13-11-,14-12-,18-17-. The van der Waals surface area contributed by atoms with Crippen molar-refractivity contribution in [1.29, 1.82) is 0 Å². The van der Waals surface area contributed by atoms with Gasteiger partial charge in [0, 0.05) is 13.0 Å². The molecule has 0 spiro atoms. The predicted octanol–water partition coefficient (Wildman–Crippen LogP) is 11.7. The number of nitrogens with two attached hydrogens (primary N) is 1. The molecular weight excluding hydrogens is 705 g/mol. The number of carboxylic acids is 1. The average Bonchev–Trinajstić information content (AvgIpc) is 3.15. The highest BCUT2D eigenvalue weighted by Crippen LogP contribution is 2.43. The summed E-state index contributed by atoms with van der Waals surface area (Å²) in [6.07, 6.45) is 43.3. The number of phosphoric ester groups is 1. The number of esters is 1. The molecule has 0 aromatic heterocycles. The lowest BCUT2D eigenvalue weighted by atomic mass is 10.1. The second-order valence-electron chi connectivity index (χ2n) is 14.5. The zero-order valence-electron chi connectivity index (χ0n) is 34.3. The summed E-state index contributed by atoms with van der Waals surface area (Å²) in [5.74, 6) is -1.78. The molecule has 0 aliphatic carbocycles. The number of hydrogen-bond donors (Lipinski definition) is 3. The Morgan fingerprint density at radius 3 is 1.52 bits per heavy atom. The molecule has 0 fully saturated rings. The number of carbonyl (C=O) groups is 2. The molecule has 0 aliphatic heterocycles. The second-order valence-corrected chi connectivity index (χ2v) is 15.9. The van der Waals surface area contributed by atoms with Crippen molar-refractivity contribution in [2.45, 2.75) is 199 Å². The first-order valence-electron chi connectivity index (χ1n) is 21.5. The van der Waals surface area contributed by atoms with E-state index in [1.807, 2.05) is 0 Å². The molecule has 0 saturated carbocycles. The second kappa shape index (κ2) is 39.4. The molecule has 0 radical (unpaired) electrons. The summed E-state index contributed by atoms with van der Waals surface area (Å²) < 4.78 is 33.3. The van der Waals surface area contributed by atoms with Crippen LogP contribution < -0.4 is 5.73 Å². The van der Waals surface area contributed by atoms with Crippen molar-refractivity contribution in [2.24, 2.45) is 5.73 Å². The number of carbonyl (C=O) groups excluding carboxylic acids is 1. The minimum absolute atomic E-state index is 0.0117. The van der Waals surface area contributed by atoms with Crippen molar-refractivity contribution in [1.82, 2.24) is 0 Å². The lowest BCUT2D eigenvalue weighted by Gasteiger charge is -2.20. The maximum atomic E-state index is 12.6. The number of aliphatic carboxylic acids is 1. The number of unbranched alkanes of at least 4 members (excludes halogenated alkanes) is 21. The molecule has 3 atom stereocenters. The number of phosphoric acid groups is 1. The Balaban J connectivity index is 4.23. The highest BCUT2D eigenvalue weighted by atomic mass is 31.2. The van der Waals surface area contributed by atoms with Crippen LogP contribution in [0.15, 0.2) is 36.5 Å². The van der Waals surface area contributed by atoms with Gasteiger partial charge < -0.3 is 25.2 Å². The molecule has 0 aliphatic rings. The lowest BCUT2D eigenvalue weighted by Crippen LogP contribution is -2.34. The number of rotatable bonds is 41. The van der Waals surface area contributed by atoms with Crippen molar-refractivity contribution in [3.8, 4) is 0 Å². The molecular formula is C43H80NO9P. The third-order valence-electron chi connectivity index (χ3n) is 9.14. The Bertz CT molecular complexity index is 1000. The van der Waals surface area contributed by atoms with Crippen LogP contribution in [0.4, 0.5) is 0 Å². The smallest absolute Gasteiger partial charge is 0.472 e. The van der Waals surface area contributed by atoms with Gasteiger partial charge in [-0.05, 0) is 70.6 Å². The van der Waals surface area contributed by atoms with Gasteiger partial charge in [0.05, 0.1) is 19.8 Å². The molecule has 0 rings (SSSR count). The third-order valence-corrected chi connectivity index (χ3v) is 10.1. The minimum atomic E-state index is -4.62. The van der Waals surface area contributed by atoms with Crippen LogP contribution in [-0.4, -0.2) is 60.5 Å². The van der Waals surface area contributed by atoms with Gasteiger partial charge in [0.15, 0.2) is 0 Å². The number of ether oxygens (including phenoxy) is 2. The third kappa shape index (κ3) is 38.5. The first-order valence-corrected chi connectivity index (χ1v) is 23.0. The summed E-state index contributed by atoms with van der Waals surface area (Å²) in [4.78, 5) is 33.5. The summed E-state index contributed by atoms with van der Waals surface area (Å²) in [5, 5.41) is 8.89. The Morgan fingerprint density at radius 2 is 1.02 bits per heavy atom. The molecule has 0 saturated heterocycles. The fraction of sp³-hybridized carbons (Fsp3) is 0.814. The first-order chi connectivity index (χ1) is 26.2. The van der Waals surface area contributed by atoms with Crippen LogP contribution >= 0.6 is 7.82 Å². The van der Waals surface area contributed by atoms with Gasteiger partial charge in [0.1, 0.15) is 12.1 Å². The quantitative estimate of drug-likeness (QED) is 0.0236. The average molecular weight is 786 g/mol. The van der Waals surface area contributed by atoms with Crippen LogP contribution in [0.5, 0.6) is 0 Å². The molecule has 316 valence electrons. The van der Waals surface area contributed by atoms with Gasteiger partial charge in [-0.3, -0.25) is 18.6 Å². The van der Waals surface area contributed by atoms with E-state index in [1.54, 1.807) is 0 Å². The van der Waals surface area contributed by atoms with Gasteiger partial charge in [-0.1, -0.05) is 147 Å². The lowest BCUT2D eigenvalue weighted by molar-refractivity contribution is -0.154. The van der Waals surface area contributed by atoms with Crippen LogP contribution in [-0.2, 0) is 32.7 Å². The molecule has 0 amide bonds. The Hall–Kier alpha value is -1.81. The Labute approximate surface area is 329 Å². The van der Waals surface area contributed by atoms with E-state index in [-0.39, 0.29) is 13.0 Å². The van der Waals surface area contributed by atoms with Gasteiger partial charge in [0.2, 0.25) is 0 Å². The summed E-state index contributed by atoms with van der Waals surface area (Å²) in [6.45, 7) is 3.82. The monoisotopic (exact) mass is 786 g/mol. The molecule has 3 unspecified atom stereocenters. The highest BCUT2D eigenvalue weighted by Gasteiger charge is 2.27. The Morgan fingerprint density at radius 1 is 0.593 bits per heavy atom. The summed E-state index contributed by atoms with van der Waals surface area (Å²) >= 11 is 0. The van der Waals surface area contributed by atoms with E-state index in [2.05, 4.69) is 50.3 Å². The van der Waals surface area contributed by atoms with E-state index in [0.717, 1.165) is 57.8 Å². The van der Waals surface area contributed by atoms with Gasteiger partial charge in [-0.15, -0.1) is 0 Å². The van der Waals surface area contributed by atoms with Crippen LogP contribution in [0, 0.1) is 0 Å². The molecule has 0 heterocycles. The normalized spacial score (nSPS) is 14.3. The number of allylic oxidation sites excluding steroid dienone is 6. The van der Waals surface area contributed by atoms with E-state index in [1.165, 1.54) is 103 Å². The predicted molar refractivity (Wildman–Crippen MR) is 221 cm³/mol. The van der Waals surface area contributed by atoms with E-state index < -0.39 is 45.1 Å². The van der Waals surface area contributed by atoms with Crippen LogP contribution in [0.3, 0.4) is 0 Å². The minimum Gasteiger partial charge on any atom is -0.480 e. The van der Waals surface area contributed by atoms with E-state index >= 15 is 0 Å². The van der Waals surface area contributed by atoms with Gasteiger partial charge in [-0.2, -0.15) is 0 Å². The molecule has 54 heavy (non-hydrogen) atoms. The molecule has 0 aromatic rings. The molecule has 0 aromatic carbocycles. The van der Waals surface area contributed by atoms with Crippen molar-refractivity contribution in [3.63, 3.8) is 0 Å². The van der Waals surface area contributed by atoms with E-state index in [0.29, 0.717) is 13.0 Å². The zero-order valence-corrected chi connectivity index (χ0v) is 35.2.